The molecule has 0 spiro atoms. The molecule has 4 rings (SSSR count). The van der Waals surface area contributed by atoms with Crippen LogP contribution in [0, 0.1) is 0 Å². The summed E-state index contributed by atoms with van der Waals surface area (Å²) in [5.74, 6) is -0.271. The van der Waals surface area contributed by atoms with Crippen LogP contribution in [-0.2, 0) is 17.7 Å². The van der Waals surface area contributed by atoms with E-state index < -0.39 is 0 Å². The lowest BCUT2D eigenvalue weighted by atomic mass is 10.0. The van der Waals surface area contributed by atoms with E-state index in [1.54, 1.807) is 6.20 Å². The lowest BCUT2D eigenvalue weighted by molar-refractivity contribution is 0.0599. The Balaban J connectivity index is 1.96. The predicted molar refractivity (Wildman–Crippen MR) is 76.8 cm³/mol. The van der Waals surface area contributed by atoms with Gasteiger partial charge in [-0.05, 0) is 24.1 Å². The van der Waals surface area contributed by atoms with Crippen molar-refractivity contribution in [3.8, 4) is 11.4 Å². The van der Waals surface area contributed by atoms with Crippen molar-refractivity contribution in [2.75, 3.05) is 7.11 Å². The van der Waals surface area contributed by atoms with Gasteiger partial charge in [0.05, 0.1) is 24.1 Å². The van der Waals surface area contributed by atoms with E-state index in [1.807, 2.05) is 6.07 Å². The van der Waals surface area contributed by atoms with Gasteiger partial charge >= 0.3 is 5.97 Å². The first-order valence-corrected chi connectivity index (χ1v) is 6.67. The van der Waals surface area contributed by atoms with Gasteiger partial charge in [-0.1, -0.05) is 18.2 Å². The number of hydrogen-bond donors (Lipinski definition) is 1. The summed E-state index contributed by atoms with van der Waals surface area (Å²) in [5.41, 5.74) is 5.13. The van der Waals surface area contributed by atoms with Gasteiger partial charge in [-0.15, -0.1) is 0 Å². The van der Waals surface area contributed by atoms with Gasteiger partial charge in [-0.25, -0.2) is 4.79 Å². The SMILES string of the molecule is COC(=O)c1c[nH]c2c1CCn1c-2cc2ccccc21. The van der Waals surface area contributed by atoms with Crippen molar-refractivity contribution in [3.63, 3.8) is 0 Å². The van der Waals surface area contributed by atoms with Crippen molar-refractivity contribution in [1.82, 2.24) is 9.55 Å². The van der Waals surface area contributed by atoms with Crippen LogP contribution in [0.15, 0.2) is 36.5 Å². The molecule has 1 aromatic carbocycles. The number of rotatable bonds is 1. The number of carbonyl (C=O) groups is 1. The summed E-state index contributed by atoms with van der Waals surface area (Å²) in [5, 5.41) is 1.23. The monoisotopic (exact) mass is 266 g/mol. The van der Waals surface area contributed by atoms with Gasteiger partial charge in [-0.3, -0.25) is 0 Å². The molecule has 4 nitrogen and oxygen atoms in total. The van der Waals surface area contributed by atoms with Gasteiger partial charge in [0.2, 0.25) is 0 Å². The number of aromatic nitrogens is 2. The maximum absolute atomic E-state index is 11.8. The summed E-state index contributed by atoms with van der Waals surface area (Å²) in [6.07, 6.45) is 2.60. The number of hydrogen-bond acceptors (Lipinski definition) is 2. The summed E-state index contributed by atoms with van der Waals surface area (Å²) in [6, 6.07) is 10.5. The lowest BCUT2D eigenvalue weighted by Crippen LogP contribution is -2.12. The molecule has 0 saturated carbocycles. The molecule has 1 aliphatic heterocycles. The van der Waals surface area contributed by atoms with Crippen LogP contribution in [0.3, 0.4) is 0 Å². The number of para-hydroxylation sites is 1. The molecule has 0 aliphatic carbocycles. The lowest BCUT2D eigenvalue weighted by Gasteiger charge is -2.17. The summed E-state index contributed by atoms with van der Waals surface area (Å²) >= 11 is 0. The highest BCUT2D eigenvalue weighted by Crippen LogP contribution is 2.35. The minimum atomic E-state index is -0.271. The quantitative estimate of drug-likeness (QED) is 0.688. The van der Waals surface area contributed by atoms with E-state index >= 15 is 0 Å². The summed E-state index contributed by atoms with van der Waals surface area (Å²) in [4.78, 5) is 15.0. The summed E-state index contributed by atoms with van der Waals surface area (Å²) < 4.78 is 7.14. The summed E-state index contributed by atoms with van der Waals surface area (Å²) in [6.45, 7) is 0.887. The van der Waals surface area contributed by atoms with Gasteiger partial charge in [0.15, 0.2) is 0 Å². The molecule has 0 fully saturated rings. The van der Waals surface area contributed by atoms with Gasteiger partial charge in [0.1, 0.15) is 0 Å². The Kier molecular flexibility index (Phi) is 2.27. The number of H-pyrrole nitrogens is 1. The number of carbonyl (C=O) groups excluding carboxylic acids is 1. The molecule has 3 heterocycles. The standard InChI is InChI=1S/C16H14N2O2/c1-20-16(19)12-9-17-15-11(12)6-7-18-13-5-3-2-4-10(13)8-14(15)18/h2-5,8-9,17H,6-7H2,1H3. The number of fused-ring (bicyclic) bond motifs is 5. The molecular formula is C16H14N2O2. The minimum Gasteiger partial charge on any atom is -0.465 e. The maximum atomic E-state index is 11.8. The van der Waals surface area contributed by atoms with Crippen molar-refractivity contribution < 1.29 is 9.53 Å². The molecule has 3 aromatic rings. The van der Waals surface area contributed by atoms with Crippen LogP contribution in [-0.4, -0.2) is 22.6 Å². The normalized spacial score (nSPS) is 13.1. The van der Waals surface area contributed by atoms with Crippen LogP contribution in [0.4, 0.5) is 0 Å². The molecule has 0 bridgehead atoms. The number of nitrogens with zero attached hydrogens (tertiary/aromatic N) is 1. The predicted octanol–water partition coefficient (Wildman–Crippen LogP) is 2.98. The molecule has 1 N–H and O–H groups in total. The van der Waals surface area contributed by atoms with Crippen LogP contribution in [0.5, 0.6) is 0 Å². The molecule has 100 valence electrons. The Hall–Kier alpha value is -2.49. The topological polar surface area (TPSA) is 47.0 Å². The first kappa shape index (κ1) is 11.3. The Morgan fingerprint density at radius 3 is 3.05 bits per heavy atom. The molecular weight excluding hydrogens is 252 g/mol. The average Bonchev–Trinajstić information content (AvgIpc) is 3.07. The van der Waals surface area contributed by atoms with Crippen LogP contribution in [0.2, 0.25) is 0 Å². The minimum absolute atomic E-state index is 0.271. The number of ether oxygens (including phenoxy) is 1. The molecule has 4 heteroatoms. The van der Waals surface area contributed by atoms with Gasteiger partial charge in [-0.2, -0.15) is 0 Å². The molecule has 20 heavy (non-hydrogen) atoms. The van der Waals surface area contributed by atoms with Gasteiger partial charge < -0.3 is 14.3 Å². The van der Waals surface area contributed by atoms with E-state index in [-0.39, 0.29) is 5.97 Å². The highest BCUT2D eigenvalue weighted by molar-refractivity contribution is 5.95. The van der Waals surface area contributed by atoms with Crippen molar-refractivity contribution in [3.05, 3.63) is 47.7 Å². The Bertz CT molecular complexity index is 826. The zero-order valence-corrected chi connectivity index (χ0v) is 11.1. The van der Waals surface area contributed by atoms with Crippen molar-refractivity contribution in [2.24, 2.45) is 0 Å². The Labute approximate surface area is 116 Å². The number of aryl methyl sites for hydroxylation is 1. The second-order valence-corrected chi connectivity index (χ2v) is 5.04. The number of nitrogens with one attached hydrogen (secondary N) is 1. The van der Waals surface area contributed by atoms with Crippen LogP contribution >= 0.6 is 0 Å². The molecule has 1 aliphatic rings. The van der Waals surface area contributed by atoms with E-state index in [0.29, 0.717) is 5.56 Å². The second-order valence-electron chi connectivity index (χ2n) is 5.04. The average molecular weight is 266 g/mol. The van der Waals surface area contributed by atoms with Crippen molar-refractivity contribution >= 4 is 16.9 Å². The Morgan fingerprint density at radius 1 is 1.35 bits per heavy atom. The molecule has 0 amide bonds. The third kappa shape index (κ3) is 1.39. The number of aromatic amines is 1. The fourth-order valence-electron chi connectivity index (χ4n) is 3.12. The zero-order chi connectivity index (χ0) is 13.7. The molecule has 0 unspecified atom stereocenters. The van der Waals surface area contributed by atoms with Crippen LogP contribution in [0.1, 0.15) is 15.9 Å². The number of esters is 1. The van der Waals surface area contributed by atoms with Crippen LogP contribution in [0.25, 0.3) is 22.3 Å². The van der Waals surface area contributed by atoms with Crippen molar-refractivity contribution in [2.45, 2.75) is 13.0 Å². The van der Waals surface area contributed by atoms with E-state index in [4.69, 9.17) is 4.74 Å². The van der Waals surface area contributed by atoms with E-state index in [0.717, 1.165) is 29.9 Å². The fourth-order valence-corrected chi connectivity index (χ4v) is 3.12. The summed E-state index contributed by atoms with van der Waals surface area (Å²) in [7, 11) is 1.42. The molecule has 0 atom stereocenters. The van der Waals surface area contributed by atoms with E-state index in [9.17, 15) is 4.79 Å². The third-order valence-corrected chi connectivity index (χ3v) is 4.05. The maximum Gasteiger partial charge on any atom is 0.339 e. The van der Waals surface area contributed by atoms with Gasteiger partial charge in [0.25, 0.3) is 0 Å². The molecule has 0 saturated heterocycles. The van der Waals surface area contributed by atoms with Gasteiger partial charge in [0, 0.05) is 23.6 Å². The molecule has 0 radical (unpaired) electrons. The third-order valence-electron chi connectivity index (χ3n) is 4.05. The highest BCUT2D eigenvalue weighted by atomic mass is 16.5. The van der Waals surface area contributed by atoms with E-state index in [2.05, 4.69) is 33.8 Å². The first-order valence-electron chi connectivity index (χ1n) is 6.67. The Morgan fingerprint density at radius 2 is 2.20 bits per heavy atom. The number of methoxy groups -OCH3 is 1. The van der Waals surface area contributed by atoms with Crippen LogP contribution < -0.4 is 0 Å². The smallest absolute Gasteiger partial charge is 0.339 e. The number of benzene rings is 1. The largest absolute Gasteiger partial charge is 0.465 e. The van der Waals surface area contributed by atoms with Crippen molar-refractivity contribution in [1.29, 1.82) is 0 Å². The fraction of sp³-hybridized carbons (Fsp3) is 0.188. The highest BCUT2D eigenvalue weighted by Gasteiger charge is 2.25. The molecule has 2 aromatic heterocycles. The van der Waals surface area contributed by atoms with E-state index in [1.165, 1.54) is 18.0 Å². The second kappa shape index (κ2) is 4.00. The zero-order valence-electron chi connectivity index (χ0n) is 11.1. The first-order chi connectivity index (χ1) is 9.79.